The predicted octanol–water partition coefficient (Wildman–Crippen LogP) is 2.03. The van der Waals surface area contributed by atoms with E-state index in [0.29, 0.717) is 16.6 Å². The van der Waals surface area contributed by atoms with Crippen molar-refractivity contribution in [2.45, 2.75) is 18.9 Å². The molecule has 0 amide bonds. The zero-order chi connectivity index (χ0) is 15.5. The molecule has 0 aliphatic rings. The van der Waals surface area contributed by atoms with Gasteiger partial charge in [-0.05, 0) is 24.6 Å². The average molecular weight is 328 g/mol. The van der Waals surface area contributed by atoms with Gasteiger partial charge in [-0.1, -0.05) is 35.1 Å². The highest BCUT2D eigenvalue weighted by Gasteiger charge is 2.29. The monoisotopic (exact) mass is 327 g/mol. The standard InChI is InChI=1S/C13H14ClN3O3S/c1-13(20,11(18)19)7-15-12-17-16-10(21-12)6-8-2-4-9(14)5-3-8/h2-5,20H,6-7H2,1H3,(H,15,17)(H,18,19). The van der Waals surface area contributed by atoms with Crippen LogP contribution in [0.3, 0.4) is 0 Å². The van der Waals surface area contributed by atoms with Crippen molar-refractivity contribution in [3.05, 3.63) is 39.9 Å². The molecule has 8 heteroatoms. The average Bonchev–Trinajstić information content (AvgIpc) is 2.87. The summed E-state index contributed by atoms with van der Waals surface area (Å²) in [5.74, 6) is -1.29. The Morgan fingerprint density at radius 2 is 2.05 bits per heavy atom. The molecule has 1 unspecified atom stereocenters. The number of aliphatic hydroxyl groups is 1. The van der Waals surface area contributed by atoms with E-state index in [0.717, 1.165) is 10.6 Å². The van der Waals surface area contributed by atoms with E-state index in [1.807, 2.05) is 12.1 Å². The minimum Gasteiger partial charge on any atom is -0.479 e. The molecule has 1 heterocycles. The number of benzene rings is 1. The molecular weight excluding hydrogens is 314 g/mol. The van der Waals surface area contributed by atoms with Gasteiger partial charge in [-0.3, -0.25) is 0 Å². The van der Waals surface area contributed by atoms with Gasteiger partial charge < -0.3 is 15.5 Å². The third-order valence-corrected chi connectivity index (χ3v) is 3.91. The minimum absolute atomic E-state index is 0.141. The molecule has 0 aliphatic carbocycles. The molecule has 2 rings (SSSR count). The Kier molecular flexibility index (Phi) is 4.76. The molecule has 1 aromatic heterocycles. The summed E-state index contributed by atoms with van der Waals surface area (Å²) in [5.41, 5.74) is -0.790. The number of anilines is 1. The zero-order valence-electron chi connectivity index (χ0n) is 11.2. The fourth-order valence-electron chi connectivity index (χ4n) is 1.50. The van der Waals surface area contributed by atoms with Crippen molar-refractivity contribution in [2.24, 2.45) is 0 Å². The zero-order valence-corrected chi connectivity index (χ0v) is 12.8. The third kappa shape index (κ3) is 4.38. The highest BCUT2D eigenvalue weighted by atomic mass is 35.5. The number of carboxylic acid groups (broad SMARTS) is 1. The molecule has 21 heavy (non-hydrogen) atoms. The summed E-state index contributed by atoms with van der Waals surface area (Å²) in [4.78, 5) is 10.8. The quantitative estimate of drug-likeness (QED) is 0.751. The Hall–Kier alpha value is -1.70. The van der Waals surface area contributed by atoms with Gasteiger partial charge in [-0.25, -0.2) is 4.79 Å². The number of carbonyl (C=O) groups is 1. The van der Waals surface area contributed by atoms with Crippen LogP contribution in [0.2, 0.25) is 5.02 Å². The van der Waals surface area contributed by atoms with Crippen molar-refractivity contribution >= 4 is 34.0 Å². The smallest absolute Gasteiger partial charge is 0.337 e. The van der Waals surface area contributed by atoms with Crippen molar-refractivity contribution in [1.29, 1.82) is 0 Å². The molecule has 0 spiro atoms. The van der Waals surface area contributed by atoms with Crippen LogP contribution in [0.15, 0.2) is 24.3 Å². The summed E-state index contributed by atoms with van der Waals surface area (Å²) >= 11 is 7.14. The number of carboxylic acids is 1. The van der Waals surface area contributed by atoms with Crippen molar-refractivity contribution in [1.82, 2.24) is 10.2 Å². The fourth-order valence-corrected chi connectivity index (χ4v) is 2.39. The SMILES string of the molecule is CC(O)(CNc1nnc(Cc2ccc(Cl)cc2)s1)C(=O)O. The molecule has 0 fully saturated rings. The lowest BCUT2D eigenvalue weighted by atomic mass is 10.1. The fraction of sp³-hybridized carbons (Fsp3) is 0.308. The molecule has 3 N–H and O–H groups in total. The number of rotatable bonds is 6. The normalized spacial score (nSPS) is 13.7. The van der Waals surface area contributed by atoms with Gasteiger partial charge in [-0.15, -0.1) is 10.2 Å². The van der Waals surface area contributed by atoms with Crippen molar-refractivity contribution in [2.75, 3.05) is 11.9 Å². The maximum absolute atomic E-state index is 10.8. The van der Waals surface area contributed by atoms with Gasteiger partial charge in [0.1, 0.15) is 5.01 Å². The summed E-state index contributed by atoms with van der Waals surface area (Å²) in [6.45, 7) is 1.08. The third-order valence-electron chi connectivity index (χ3n) is 2.78. The van der Waals surface area contributed by atoms with Crippen LogP contribution < -0.4 is 5.32 Å². The topological polar surface area (TPSA) is 95.3 Å². The molecule has 2 aromatic rings. The number of aromatic nitrogens is 2. The van der Waals surface area contributed by atoms with Crippen molar-refractivity contribution < 1.29 is 15.0 Å². The Morgan fingerprint density at radius 3 is 2.67 bits per heavy atom. The van der Waals surface area contributed by atoms with Crippen LogP contribution in [0.25, 0.3) is 0 Å². The van der Waals surface area contributed by atoms with Crippen LogP contribution in [0.1, 0.15) is 17.5 Å². The largest absolute Gasteiger partial charge is 0.479 e. The van der Waals surface area contributed by atoms with E-state index in [4.69, 9.17) is 16.7 Å². The van der Waals surface area contributed by atoms with Gasteiger partial charge in [0, 0.05) is 11.4 Å². The Bertz CT molecular complexity index is 628. The molecule has 0 aliphatic heterocycles. The number of halogens is 1. The van der Waals surface area contributed by atoms with Crippen molar-refractivity contribution in [3.63, 3.8) is 0 Å². The first-order chi connectivity index (χ1) is 9.87. The van der Waals surface area contributed by atoms with Crippen molar-refractivity contribution in [3.8, 4) is 0 Å². The van der Waals surface area contributed by atoms with Crippen LogP contribution in [-0.2, 0) is 11.2 Å². The second kappa shape index (κ2) is 6.38. The van der Waals surface area contributed by atoms with Gasteiger partial charge >= 0.3 is 5.97 Å². The van der Waals surface area contributed by atoms with Gasteiger partial charge in [0.15, 0.2) is 5.60 Å². The molecule has 1 aromatic carbocycles. The second-order valence-corrected chi connectivity index (χ2v) is 6.24. The Labute approximate surface area is 130 Å². The number of hydrogen-bond acceptors (Lipinski definition) is 6. The minimum atomic E-state index is -1.85. The van der Waals surface area contributed by atoms with E-state index in [9.17, 15) is 9.90 Å². The first-order valence-electron chi connectivity index (χ1n) is 6.13. The Balaban J connectivity index is 1.95. The molecule has 0 bridgehead atoms. The van der Waals surface area contributed by atoms with E-state index in [-0.39, 0.29) is 6.54 Å². The summed E-state index contributed by atoms with van der Waals surface area (Å²) in [5, 5.41) is 31.1. The van der Waals surface area contributed by atoms with E-state index >= 15 is 0 Å². The van der Waals surface area contributed by atoms with Crippen LogP contribution in [0.5, 0.6) is 0 Å². The highest BCUT2D eigenvalue weighted by Crippen LogP contribution is 2.20. The number of nitrogens with zero attached hydrogens (tertiary/aromatic N) is 2. The van der Waals surface area contributed by atoms with E-state index in [1.54, 1.807) is 12.1 Å². The summed E-state index contributed by atoms with van der Waals surface area (Å²) in [6, 6.07) is 7.43. The summed E-state index contributed by atoms with van der Waals surface area (Å²) < 4.78 is 0. The first kappa shape index (κ1) is 15.7. The van der Waals surface area contributed by atoms with Gasteiger partial charge in [0.25, 0.3) is 0 Å². The predicted molar refractivity (Wildman–Crippen MR) is 80.9 cm³/mol. The van der Waals surface area contributed by atoms with Gasteiger partial charge in [-0.2, -0.15) is 0 Å². The molecule has 0 radical (unpaired) electrons. The van der Waals surface area contributed by atoms with Crippen LogP contribution in [0, 0.1) is 0 Å². The maximum atomic E-state index is 10.8. The molecule has 1 atom stereocenters. The summed E-state index contributed by atoms with van der Waals surface area (Å²) in [6.07, 6.45) is 0.617. The van der Waals surface area contributed by atoms with Crippen LogP contribution >= 0.6 is 22.9 Å². The summed E-state index contributed by atoms with van der Waals surface area (Å²) in [7, 11) is 0. The molecule has 0 saturated carbocycles. The molecular formula is C13H14ClN3O3S. The number of aliphatic carboxylic acids is 1. The lowest BCUT2D eigenvalue weighted by Crippen LogP contribution is -2.41. The highest BCUT2D eigenvalue weighted by molar-refractivity contribution is 7.15. The first-order valence-corrected chi connectivity index (χ1v) is 7.33. The Morgan fingerprint density at radius 1 is 1.38 bits per heavy atom. The molecule has 0 saturated heterocycles. The van der Waals surface area contributed by atoms with Crippen LogP contribution in [-0.4, -0.2) is 38.5 Å². The van der Waals surface area contributed by atoms with E-state index in [2.05, 4.69) is 15.5 Å². The molecule has 6 nitrogen and oxygen atoms in total. The second-order valence-electron chi connectivity index (χ2n) is 4.74. The van der Waals surface area contributed by atoms with Crippen LogP contribution in [0.4, 0.5) is 5.13 Å². The lowest BCUT2D eigenvalue weighted by molar-refractivity contribution is -0.155. The lowest BCUT2D eigenvalue weighted by Gasteiger charge is -2.17. The number of hydrogen-bond donors (Lipinski definition) is 3. The van der Waals surface area contributed by atoms with E-state index in [1.165, 1.54) is 18.3 Å². The van der Waals surface area contributed by atoms with Gasteiger partial charge in [0.2, 0.25) is 5.13 Å². The van der Waals surface area contributed by atoms with E-state index < -0.39 is 11.6 Å². The van der Waals surface area contributed by atoms with Gasteiger partial charge in [0.05, 0.1) is 6.54 Å². The molecule has 112 valence electrons. The number of nitrogens with one attached hydrogen (secondary N) is 1. The maximum Gasteiger partial charge on any atom is 0.337 e.